The molecule has 3 aromatic rings. The van der Waals surface area contributed by atoms with E-state index in [-0.39, 0.29) is 6.04 Å². The van der Waals surface area contributed by atoms with Crippen molar-refractivity contribution in [1.29, 1.82) is 0 Å². The van der Waals surface area contributed by atoms with Gasteiger partial charge in [0, 0.05) is 27.8 Å². The fourth-order valence-corrected chi connectivity index (χ4v) is 2.83. The number of hydrogen-bond donors (Lipinski definition) is 1. The third-order valence-corrected chi connectivity index (χ3v) is 4.14. The number of aromatic nitrogens is 1. The molecule has 0 fully saturated rings. The fraction of sp³-hybridized carbons (Fsp3) is 0.211. The second kappa shape index (κ2) is 6.47. The first-order valence-corrected chi connectivity index (χ1v) is 7.92. The van der Waals surface area contributed by atoms with Crippen molar-refractivity contribution in [3.05, 3.63) is 64.8 Å². The smallest absolute Gasteiger partial charge is 0.145 e. The Morgan fingerprint density at radius 3 is 2.57 bits per heavy atom. The molecule has 0 saturated carbocycles. The van der Waals surface area contributed by atoms with Gasteiger partial charge in [-0.2, -0.15) is 0 Å². The first-order chi connectivity index (χ1) is 11.1. The molecule has 0 saturated heterocycles. The van der Waals surface area contributed by atoms with Crippen LogP contribution in [0, 0.1) is 6.92 Å². The third-order valence-electron chi connectivity index (χ3n) is 3.89. The number of para-hydroxylation sites is 1. The molecule has 0 aliphatic heterocycles. The summed E-state index contributed by atoms with van der Waals surface area (Å²) in [7, 11) is 1.67. The van der Waals surface area contributed by atoms with Crippen molar-refractivity contribution in [2.24, 2.45) is 0 Å². The zero-order chi connectivity index (χ0) is 16.4. The molecule has 3 nitrogen and oxygen atoms in total. The maximum atomic E-state index is 5.97. The predicted molar refractivity (Wildman–Crippen MR) is 96.5 cm³/mol. The number of nitrogens with zero attached hydrogens (tertiary/aromatic N) is 1. The van der Waals surface area contributed by atoms with Crippen LogP contribution in [0.25, 0.3) is 10.9 Å². The number of methoxy groups -OCH3 is 1. The van der Waals surface area contributed by atoms with Crippen LogP contribution in [-0.4, -0.2) is 12.1 Å². The van der Waals surface area contributed by atoms with Gasteiger partial charge in [-0.1, -0.05) is 35.9 Å². The van der Waals surface area contributed by atoms with Gasteiger partial charge in [-0.05, 0) is 43.7 Å². The molecular weight excluding hydrogens is 308 g/mol. The minimum Gasteiger partial charge on any atom is -0.494 e. The van der Waals surface area contributed by atoms with E-state index in [1.54, 1.807) is 7.11 Å². The number of hydrogen-bond acceptors (Lipinski definition) is 3. The molecule has 2 aromatic carbocycles. The van der Waals surface area contributed by atoms with Crippen LogP contribution in [0.4, 0.5) is 5.69 Å². The van der Waals surface area contributed by atoms with Crippen molar-refractivity contribution in [1.82, 2.24) is 4.98 Å². The van der Waals surface area contributed by atoms with Gasteiger partial charge in [0.1, 0.15) is 11.3 Å². The number of nitrogens with one attached hydrogen (secondary N) is 1. The van der Waals surface area contributed by atoms with Gasteiger partial charge in [0.2, 0.25) is 0 Å². The maximum absolute atomic E-state index is 5.97. The van der Waals surface area contributed by atoms with E-state index in [2.05, 4.69) is 29.4 Å². The zero-order valence-corrected chi connectivity index (χ0v) is 14.2. The van der Waals surface area contributed by atoms with Crippen molar-refractivity contribution < 1.29 is 4.74 Å². The number of benzene rings is 2. The molecule has 23 heavy (non-hydrogen) atoms. The predicted octanol–water partition coefficient (Wildman–Crippen LogP) is 5.38. The second-order valence-electron chi connectivity index (χ2n) is 5.59. The minimum atomic E-state index is 0.156. The largest absolute Gasteiger partial charge is 0.494 e. The van der Waals surface area contributed by atoms with Crippen molar-refractivity contribution in [2.75, 3.05) is 12.4 Å². The van der Waals surface area contributed by atoms with E-state index >= 15 is 0 Å². The summed E-state index contributed by atoms with van der Waals surface area (Å²) in [5, 5.41) is 5.37. The summed E-state index contributed by atoms with van der Waals surface area (Å²) in [6.45, 7) is 4.12. The van der Waals surface area contributed by atoms with Gasteiger partial charge in [0.25, 0.3) is 0 Å². The fourth-order valence-electron chi connectivity index (χ4n) is 2.70. The Balaban J connectivity index is 2.01. The summed E-state index contributed by atoms with van der Waals surface area (Å²) in [4.78, 5) is 4.62. The summed E-state index contributed by atoms with van der Waals surface area (Å²) >= 11 is 5.97. The highest BCUT2D eigenvalue weighted by Crippen LogP contribution is 2.32. The molecule has 4 heteroatoms. The minimum absolute atomic E-state index is 0.156. The first kappa shape index (κ1) is 15.6. The number of rotatable bonds is 4. The molecule has 0 unspecified atom stereocenters. The maximum Gasteiger partial charge on any atom is 0.145 e. The molecule has 118 valence electrons. The van der Waals surface area contributed by atoms with Gasteiger partial charge in [-0.3, -0.25) is 0 Å². The Kier molecular flexibility index (Phi) is 4.39. The van der Waals surface area contributed by atoms with Crippen LogP contribution >= 0.6 is 11.6 Å². The highest BCUT2D eigenvalue weighted by Gasteiger charge is 2.11. The molecule has 1 aromatic heterocycles. The summed E-state index contributed by atoms with van der Waals surface area (Å²) < 4.78 is 5.44. The van der Waals surface area contributed by atoms with Crippen LogP contribution in [-0.2, 0) is 0 Å². The summed E-state index contributed by atoms with van der Waals surface area (Å²) in [6, 6.07) is 16.1. The number of halogens is 1. The van der Waals surface area contributed by atoms with Crippen molar-refractivity contribution in [2.45, 2.75) is 19.9 Å². The summed E-state index contributed by atoms with van der Waals surface area (Å²) in [5.41, 5.74) is 4.06. The van der Waals surface area contributed by atoms with Gasteiger partial charge in [0.15, 0.2) is 0 Å². The third kappa shape index (κ3) is 3.25. The molecule has 0 amide bonds. The van der Waals surface area contributed by atoms with Gasteiger partial charge in [-0.25, -0.2) is 4.98 Å². The molecule has 1 heterocycles. The van der Waals surface area contributed by atoms with Crippen molar-refractivity contribution in [3.8, 4) is 5.75 Å². The van der Waals surface area contributed by atoms with Crippen LogP contribution in [0.3, 0.4) is 0 Å². The Hall–Kier alpha value is -2.26. The van der Waals surface area contributed by atoms with E-state index in [1.807, 2.05) is 43.3 Å². The summed E-state index contributed by atoms with van der Waals surface area (Å²) in [5.74, 6) is 0.786. The Labute approximate surface area is 141 Å². The molecule has 3 rings (SSSR count). The van der Waals surface area contributed by atoms with E-state index < -0.39 is 0 Å². The van der Waals surface area contributed by atoms with Crippen LogP contribution in [0.2, 0.25) is 5.02 Å². The first-order valence-electron chi connectivity index (χ1n) is 7.55. The average Bonchev–Trinajstić information content (AvgIpc) is 2.54. The van der Waals surface area contributed by atoms with E-state index in [1.165, 1.54) is 5.56 Å². The SMILES string of the molecule is COc1cccc2c(N[C@H](C)c3ccc(Cl)cc3)cc(C)nc12. The molecule has 1 atom stereocenters. The lowest BCUT2D eigenvalue weighted by molar-refractivity contribution is 0.419. The number of aryl methyl sites for hydroxylation is 1. The van der Waals surface area contributed by atoms with E-state index in [0.717, 1.165) is 33.1 Å². The second-order valence-corrected chi connectivity index (χ2v) is 6.02. The zero-order valence-electron chi connectivity index (χ0n) is 13.4. The molecule has 1 N–H and O–H groups in total. The molecule has 0 aliphatic rings. The highest BCUT2D eigenvalue weighted by atomic mass is 35.5. The molecule has 0 aliphatic carbocycles. The number of anilines is 1. The normalized spacial score (nSPS) is 12.2. The topological polar surface area (TPSA) is 34.1 Å². The van der Waals surface area contributed by atoms with E-state index in [4.69, 9.17) is 16.3 Å². The van der Waals surface area contributed by atoms with Gasteiger partial charge >= 0.3 is 0 Å². The number of ether oxygens (including phenoxy) is 1. The highest BCUT2D eigenvalue weighted by molar-refractivity contribution is 6.30. The lowest BCUT2D eigenvalue weighted by atomic mass is 10.1. The monoisotopic (exact) mass is 326 g/mol. The van der Waals surface area contributed by atoms with Gasteiger partial charge in [0.05, 0.1) is 7.11 Å². The Morgan fingerprint density at radius 2 is 1.87 bits per heavy atom. The van der Waals surface area contributed by atoms with Crippen LogP contribution in [0.1, 0.15) is 24.2 Å². The average molecular weight is 327 g/mol. The Morgan fingerprint density at radius 1 is 1.13 bits per heavy atom. The number of fused-ring (bicyclic) bond motifs is 1. The molecule has 0 spiro atoms. The van der Waals surface area contributed by atoms with Crippen LogP contribution in [0.15, 0.2) is 48.5 Å². The van der Waals surface area contributed by atoms with Gasteiger partial charge < -0.3 is 10.1 Å². The lowest BCUT2D eigenvalue weighted by Crippen LogP contribution is -2.07. The molecular formula is C19H19ClN2O. The van der Waals surface area contributed by atoms with Crippen LogP contribution < -0.4 is 10.1 Å². The summed E-state index contributed by atoms with van der Waals surface area (Å²) in [6.07, 6.45) is 0. The van der Waals surface area contributed by atoms with E-state index in [9.17, 15) is 0 Å². The lowest BCUT2D eigenvalue weighted by Gasteiger charge is -2.18. The van der Waals surface area contributed by atoms with Crippen molar-refractivity contribution in [3.63, 3.8) is 0 Å². The van der Waals surface area contributed by atoms with Gasteiger partial charge in [-0.15, -0.1) is 0 Å². The van der Waals surface area contributed by atoms with Crippen LogP contribution in [0.5, 0.6) is 5.75 Å². The standard InChI is InChI=1S/C19H19ClN2O/c1-12-11-17(16-5-4-6-18(23-3)19(16)21-12)22-13(2)14-7-9-15(20)10-8-14/h4-11,13H,1-3H3,(H,21,22)/t13-/m1/s1. The van der Waals surface area contributed by atoms with E-state index in [0.29, 0.717) is 0 Å². The molecule has 0 radical (unpaired) electrons. The quantitative estimate of drug-likeness (QED) is 0.699. The number of pyridine rings is 1. The Bertz CT molecular complexity index is 831. The van der Waals surface area contributed by atoms with Crippen molar-refractivity contribution >= 4 is 28.2 Å². The molecule has 0 bridgehead atoms.